The van der Waals surface area contributed by atoms with E-state index in [0.29, 0.717) is 18.7 Å². The molecule has 1 heterocycles. The van der Waals surface area contributed by atoms with Gasteiger partial charge in [-0.05, 0) is 24.8 Å². The maximum Gasteiger partial charge on any atom is 0.337 e. The molecule has 0 aromatic carbocycles. The third kappa shape index (κ3) is 1.86. The van der Waals surface area contributed by atoms with Gasteiger partial charge in [-0.1, -0.05) is 0 Å². The topological polar surface area (TPSA) is 79.7 Å². The van der Waals surface area contributed by atoms with E-state index < -0.39 is 5.97 Å². The Morgan fingerprint density at radius 2 is 2.25 bits per heavy atom. The van der Waals surface area contributed by atoms with Gasteiger partial charge in [0.2, 0.25) is 5.88 Å². The van der Waals surface area contributed by atoms with E-state index in [-0.39, 0.29) is 17.6 Å². The van der Waals surface area contributed by atoms with Crippen molar-refractivity contribution in [3.05, 3.63) is 23.4 Å². The monoisotopic (exact) mass is 223 g/mol. The minimum atomic E-state index is -1.00. The Kier molecular flexibility index (Phi) is 2.78. The number of methoxy groups -OCH3 is 1. The number of ether oxygens (including phenoxy) is 1. The number of nitrogens with zero attached hydrogens (tertiary/aromatic N) is 1. The molecule has 1 aromatic rings. The molecule has 2 rings (SSSR count). The van der Waals surface area contributed by atoms with Crippen LogP contribution in [0.4, 0.5) is 0 Å². The largest absolute Gasteiger partial charge is 0.481 e. The van der Waals surface area contributed by atoms with Crippen LogP contribution >= 0.6 is 0 Å². The molecule has 5 heteroatoms. The van der Waals surface area contributed by atoms with E-state index in [0.717, 1.165) is 5.56 Å². The number of pyridine rings is 1. The smallest absolute Gasteiger partial charge is 0.337 e. The van der Waals surface area contributed by atoms with Crippen molar-refractivity contribution in [3.63, 3.8) is 0 Å². The van der Waals surface area contributed by atoms with Crippen LogP contribution in [0.1, 0.15) is 34.7 Å². The molecule has 0 aliphatic heterocycles. The van der Waals surface area contributed by atoms with Crippen LogP contribution in [0.3, 0.4) is 0 Å². The first-order chi connectivity index (χ1) is 7.61. The Labute approximate surface area is 92.7 Å². The van der Waals surface area contributed by atoms with E-state index in [2.05, 4.69) is 4.98 Å². The lowest BCUT2D eigenvalue weighted by Gasteiger charge is -2.32. The molecule has 1 aliphatic carbocycles. The summed E-state index contributed by atoms with van der Waals surface area (Å²) < 4.78 is 5.09. The summed E-state index contributed by atoms with van der Waals surface area (Å²) in [4.78, 5) is 14.8. The molecule has 1 aromatic heterocycles. The normalized spacial score (nSPS) is 23.6. The number of hydrogen-bond donors (Lipinski definition) is 2. The highest BCUT2D eigenvalue weighted by atomic mass is 16.5. The molecule has 0 bridgehead atoms. The lowest BCUT2D eigenvalue weighted by molar-refractivity contribution is 0.0693. The number of carboxylic acid groups (broad SMARTS) is 1. The van der Waals surface area contributed by atoms with Crippen molar-refractivity contribution in [2.75, 3.05) is 7.11 Å². The summed E-state index contributed by atoms with van der Waals surface area (Å²) in [6.45, 7) is 0. The third-order valence-corrected chi connectivity index (χ3v) is 2.87. The second-order valence-corrected chi connectivity index (χ2v) is 3.95. The van der Waals surface area contributed by atoms with Gasteiger partial charge in [0.1, 0.15) is 0 Å². The van der Waals surface area contributed by atoms with Crippen molar-refractivity contribution in [1.29, 1.82) is 0 Å². The predicted octanol–water partition coefficient (Wildman–Crippen LogP) is 1.03. The quantitative estimate of drug-likeness (QED) is 0.799. The molecule has 0 spiro atoms. The molecule has 0 amide bonds. The molecule has 0 atom stereocenters. The highest BCUT2D eigenvalue weighted by molar-refractivity contribution is 5.87. The van der Waals surface area contributed by atoms with Gasteiger partial charge in [0.15, 0.2) is 0 Å². The molecular weight excluding hydrogens is 210 g/mol. The SMILES string of the molecule is COc1ncc(C(=O)O)cc1C1CC(O)C1. The summed E-state index contributed by atoms with van der Waals surface area (Å²) in [5, 5.41) is 18.1. The standard InChI is InChI=1S/C11H13NO4/c1-16-10-9(6-2-8(13)3-6)4-7(5-12-10)11(14)15/h4-6,8,13H,2-3H2,1H3,(H,14,15). The van der Waals surface area contributed by atoms with Crippen LogP contribution in [0.25, 0.3) is 0 Å². The van der Waals surface area contributed by atoms with E-state index in [9.17, 15) is 9.90 Å². The van der Waals surface area contributed by atoms with E-state index in [1.807, 2.05) is 0 Å². The molecule has 1 fully saturated rings. The predicted molar refractivity (Wildman–Crippen MR) is 55.7 cm³/mol. The number of aromatic carboxylic acids is 1. The fourth-order valence-electron chi connectivity index (χ4n) is 1.89. The Bertz CT molecular complexity index is 412. The highest BCUT2D eigenvalue weighted by Gasteiger charge is 2.31. The van der Waals surface area contributed by atoms with Gasteiger partial charge in [-0.15, -0.1) is 0 Å². The molecule has 0 unspecified atom stereocenters. The third-order valence-electron chi connectivity index (χ3n) is 2.87. The van der Waals surface area contributed by atoms with Crippen molar-refractivity contribution < 1.29 is 19.7 Å². The van der Waals surface area contributed by atoms with E-state index in [1.54, 1.807) is 6.07 Å². The Hall–Kier alpha value is -1.62. The number of carbonyl (C=O) groups is 1. The first kappa shape index (κ1) is 10.9. The van der Waals surface area contributed by atoms with E-state index >= 15 is 0 Å². The maximum atomic E-state index is 10.8. The lowest BCUT2D eigenvalue weighted by atomic mass is 9.77. The minimum absolute atomic E-state index is 0.150. The van der Waals surface area contributed by atoms with Crippen molar-refractivity contribution in [3.8, 4) is 5.88 Å². The molecule has 1 aliphatic rings. The molecule has 0 saturated heterocycles. The molecule has 0 radical (unpaired) electrons. The van der Waals surface area contributed by atoms with Crippen LogP contribution in [0.5, 0.6) is 5.88 Å². The zero-order valence-electron chi connectivity index (χ0n) is 8.88. The van der Waals surface area contributed by atoms with Crippen molar-refractivity contribution in [2.45, 2.75) is 24.9 Å². The summed E-state index contributed by atoms with van der Waals surface area (Å²) in [7, 11) is 1.50. The molecular formula is C11H13NO4. The van der Waals surface area contributed by atoms with Gasteiger partial charge >= 0.3 is 5.97 Å². The van der Waals surface area contributed by atoms with Gasteiger partial charge in [-0.25, -0.2) is 9.78 Å². The zero-order valence-corrected chi connectivity index (χ0v) is 8.88. The number of carboxylic acids is 1. The van der Waals surface area contributed by atoms with Crippen LogP contribution in [-0.2, 0) is 0 Å². The van der Waals surface area contributed by atoms with Gasteiger partial charge in [0.05, 0.1) is 18.8 Å². The summed E-state index contributed by atoms with van der Waals surface area (Å²) in [5.41, 5.74) is 0.921. The Balaban J connectivity index is 2.32. The number of aliphatic hydroxyl groups is 1. The molecule has 5 nitrogen and oxygen atoms in total. The molecule has 86 valence electrons. The molecule has 16 heavy (non-hydrogen) atoms. The van der Waals surface area contributed by atoms with Gasteiger partial charge < -0.3 is 14.9 Å². The number of aromatic nitrogens is 1. The summed E-state index contributed by atoms with van der Waals surface area (Å²) in [5.74, 6) is -0.407. The van der Waals surface area contributed by atoms with Crippen molar-refractivity contribution in [1.82, 2.24) is 4.98 Å². The van der Waals surface area contributed by atoms with E-state index in [1.165, 1.54) is 13.3 Å². The van der Waals surface area contributed by atoms with Crippen LogP contribution in [0.2, 0.25) is 0 Å². The number of hydrogen-bond acceptors (Lipinski definition) is 4. The first-order valence-electron chi connectivity index (χ1n) is 5.07. The van der Waals surface area contributed by atoms with E-state index in [4.69, 9.17) is 9.84 Å². The first-order valence-corrected chi connectivity index (χ1v) is 5.07. The van der Waals surface area contributed by atoms with Gasteiger partial charge in [-0.2, -0.15) is 0 Å². The maximum absolute atomic E-state index is 10.8. The second-order valence-electron chi connectivity index (χ2n) is 3.95. The molecule has 2 N–H and O–H groups in total. The lowest BCUT2D eigenvalue weighted by Crippen LogP contribution is -2.27. The van der Waals surface area contributed by atoms with Gasteiger partial charge in [0, 0.05) is 11.8 Å². The van der Waals surface area contributed by atoms with Crippen LogP contribution < -0.4 is 4.74 Å². The van der Waals surface area contributed by atoms with Crippen LogP contribution in [0.15, 0.2) is 12.3 Å². The zero-order chi connectivity index (χ0) is 11.7. The fraction of sp³-hybridized carbons (Fsp3) is 0.455. The number of aliphatic hydroxyl groups excluding tert-OH is 1. The van der Waals surface area contributed by atoms with Crippen LogP contribution in [0, 0.1) is 0 Å². The van der Waals surface area contributed by atoms with Crippen LogP contribution in [-0.4, -0.2) is 34.4 Å². The number of rotatable bonds is 3. The average molecular weight is 223 g/mol. The minimum Gasteiger partial charge on any atom is -0.481 e. The van der Waals surface area contributed by atoms with Gasteiger partial charge in [0.25, 0.3) is 0 Å². The Morgan fingerprint density at radius 3 is 2.75 bits per heavy atom. The Morgan fingerprint density at radius 1 is 1.56 bits per heavy atom. The summed E-state index contributed by atoms with van der Waals surface area (Å²) >= 11 is 0. The summed E-state index contributed by atoms with van der Waals surface area (Å²) in [6, 6.07) is 1.57. The highest BCUT2D eigenvalue weighted by Crippen LogP contribution is 2.40. The summed E-state index contributed by atoms with van der Waals surface area (Å²) in [6.07, 6.45) is 2.27. The van der Waals surface area contributed by atoms with Crippen molar-refractivity contribution in [2.24, 2.45) is 0 Å². The second kappa shape index (κ2) is 4.09. The average Bonchev–Trinajstić information content (AvgIpc) is 2.24. The van der Waals surface area contributed by atoms with Crippen molar-refractivity contribution >= 4 is 5.97 Å². The fourth-order valence-corrected chi connectivity index (χ4v) is 1.89. The molecule has 1 saturated carbocycles. The van der Waals surface area contributed by atoms with Gasteiger partial charge in [-0.3, -0.25) is 0 Å².